The molecule has 11 nitrogen and oxygen atoms in total. The third kappa shape index (κ3) is 7.99. The third-order valence-electron chi connectivity index (χ3n) is 7.32. The molecule has 0 amide bonds. The lowest BCUT2D eigenvalue weighted by Crippen LogP contribution is -2.42. The number of anilines is 1. The van der Waals surface area contributed by atoms with Crippen molar-refractivity contribution in [1.82, 2.24) is 4.31 Å². The molecule has 0 unspecified atom stereocenters. The monoisotopic (exact) mass is 727 g/mol. The number of esters is 2. The van der Waals surface area contributed by atoms with Crippen molar-refractivity contribution in [3.8, 4) is 16.2 Å². The molecule has 5 rings (SSSR count). The fraction of sp³-hybridized carbons (Fsp3) is 0.250. The van der Waals surface area contributed by atoms with Crippen LogP contribution in [0.5, 0.6) is 5.75 Å². The van der Waals surface area contributed by atoms with Gasteiger partial charge >= 0.3 is 11.9 Å². The van der Waals surface area contributed by atoms with Crippen LogP contribution in [0.25, 0.3) is 10.4 Å². The van der Waals surface area contributed by atoms with E-state index < -0.39 is 26.9 Å². The van der Waals surface area contributed by atoms with Gasteiger partial charge in [-0.25, -0.2) is 17.5 Å². The van der Waals surface area contributed by atoms with Crippen LogP contribution in [0, 0.1) is 10.1 Å². The van der Waals surface area contributed by atoms with Crippen molar-refractivity contribution in [2.75, 3.05) is 18.4 Å². The predicted molar refractivity (Wildman–Crippen MR) is 178 cm³/mol. The van der Waals surface area contributed by atoms with Crippen LogP contribution >= 0.6 is 27.3 Å². The molecule has 0 bridgehead atoms. The highest BCUT2D eigenvalue weighted by Crippen LogP contribution is 2.46. The quantitative estimate of drug-likeness (QED) is 0.100. The number of nitrogens with zero attached hydrogens (tertiary/aromatic N) is 2. The van der Waals surface area contributed by atoms with Crippen LogP contribution in [-0.2, 0) is 31.9 Å². The Labute approximate surface area is 278 Å². The van der Waals surface area contributed by atoms with Crippen molar-refractivity contribution >= 4 is 60.6 Å². The number of nitro groups is 1. The lowest BCUT2D eigenvalue weighted by Gasteiger charge is -2.32. The average Bonchev–Trinajstić information content (AvgIpc) is 3.35. The van der Waals surface area contributed by atoms with Gasteiger partial charge in [-0.05, 0) is 58.1 Å². The van der Waals surface area contributed by atoms with Crippen molar-refractivity contribution in [2.45, 2.75) is 38.2 Å². The summed E-state index contributed by atoms with van der Waals surface area (Å²) < 4.78 is 38.7. The van der Waals surface area contributed by atoms with E-state index in [1.165, 1.54) is 25.1 Å². The van der Waals surface area contributed by atoms with E-state index in [0.717, 1.165) is 28.2 Å². The van der Waals surface area contributed by atoms with Crippen LogP contribution in [0.4, 0.5) is 11.4 Å². The van der Waals surface area contributed by atoms with Gasteiger partial charge in [0, 0.05) is 37.8 Å². The van der Waals surface area contributed by atoms with Crippen LogP contribution < -0.4 is 10.1 Å². The number of piperidine rings is 1. The molecule has 2 heterocycles. The molecule has 0 radical (unpaired) electrons. The van der Waals surface area contributed by atoms with Crippen molar-refractivity contribution in [3.63, 3.8) is 0 Å². The minimum Gasteiger partial charge on any atom is -0.456 e. The number of benzene rings is 3. The summed E-state index contributed by atoms with van der Waals surface area (Å²) in [7, 11) is -3.43. The summed E-state index contributed by atoms with van der Waals surface area (Å²) in [5.74, 6) is -1.46. The molecule has 0 saturated carbocycles. The van der Waals surface area contributed by atoms with E-state index in [1.54, 1.807) is 10.4 Å². The van der Waals surface area contributed by atoms with Crippen molar-refractivity contribution in [2.24, 2.45) is 0 Å². The first kappa shape index (κ1) is 33.3. The van der Waals surface area contributed by atoms with Crippen molar-refractivity contribution in [1.29, 1.82) is 0 Å². The lowest BCUT2D eigenvalue weighted by atomic mass is 10.1. The number of para-hydroxylation sites is 1. The van der Waals surface area contributed by atoms with E-state index in [1.807, 2.05) is 54.6 Å². The molecular formula is C32H30BrN3O8S2. The highest BCUT2D eigenvalue weighted by molar-refractivity contribution is 9.10. The Morgan fingerprint density at radius 3 is 2.43 bits per heavy atom. The Bertz CT molecular complexity index is 1860. The zero-order chi connectivity index (χ0) is 32.8. The second-order valence-corrected chi connectivity index (χ2v) is 14.4. The number of ether oxygens (including phenoxy) is 2. The van der Waals surface area contributed by atoms with Crippen molar-refractivity contribution < 1.29 is 32.4 Å². The summed E-state index contributed by atoms with van der Waals surface area (Å²) in [6.07, 6.45) is 1.26. The zero-order valence-corrected chi connectivity index (χ0v) is 27.9. The van der Waals surface area contributed by atoms with Gasteiger partial charge in [-0.2, -0.15) is 0 Å². The van der Waals surface area contributed by atoms with Crippen LogP contribution in [-0.4, -0.2) is 48.7 Å². The molecule has 1 aliphatic rings. The SMILES string of the molecule is CC(=O)Oc1c(C(=O)OCc2ccccc2[N+](=O)[O-])sc(-c2cccc(NC3CCN(S(=O)(=O)Cc4ccccc4)CC3)c2)c1Br. The van der Waals surface area contributed by atoms with Gasteiger partial charge in [-0.3, -0.25) is 14.9 Å². The number of hydrogen-bond donors (Lipinski definition) is 1. The van der Waals surface area contributed by atoms with Crippen LogP contribution in [0.15, 0.2) is 83.3 Å². The number of carbonyl (C=O) groups is 2. The summed E-state index contributed by atoms with van der Waals surface area (Å²) in [4.78, 5) is 36.5. The number of rotatable bonds is 11. The predicted octanol–water partition coefficient (Wildman–Crippen LogP) is 6.77. The molecule has 0 atom stereocenters. The molecule has 4 aromatic rings. The second kappa shape index (κ2) is 14.5. The van der Waals surface area contributed by atoms with Gasteiger partial charge < -0.3 is 14.8 Å². The molecule has 0 spiro atoms. The summed E-state index contributed by atoms with van der Waals surface area (Å²) in [6.45, 7) is 1.69. The summed E-state index contributed by atoms with van der Waals surface area (Å²) in [6, 6.07) is 22.6. The number of hydrogen-bond acceptors (Lipinski definition) is 10. The van der Waals surface area contributed by atoms with Gasteiger partial charge in [0.1, 0.15) is 6.61 Å². The Hall–Kier alpha value is -4.11. The molecule has 1 aromatic heterocycles. The van der Waals surface area contributed by atoms with E-state index in [9.17, 15) is 28.1 Å². The maximum Gasteiger partial charge on any atom is 0.352 e. The van der Waals surface area contributed by atoms with Gasteiger partial charge in [0.05, 0.1) is 25.6 Å². The summed E-state index contributed by atoms with van der Waals surface area (Å²) in [5.41, 5.74) is 2.35. The van der Waals surface area contributed by atoms with Gasteiger partial charge in [0.25, 0.3) is 5.69 Å². The van der Waals surface area contributed by atoms with E-state index in [-0.39, 0.29) is 40.3 Å². The third-order valence-corrected chi connectivity index (χ3v) is 11.4. The standard InChI is InChI=1S/C32H30BrN3O8S2/c1-21(37)44-29-28(33)30(45-31(29)32(38)43-19-24-10-5-6-13-27(24)36(39)40)23-11-7-12-26(18-23)34-25-14-16-35(17-15-25)46(41,42)20-22-8-3-2-4-9-22/h2-13,18,25,34H,14-17,19-20H2,1H3. The van der Waals surface area contributed by atoms with Crippen LogP contribution in [0.2, 0.25) is 0 Å². The minimum atomic E-state index is -3.43. The molecule has 14 heteroatoms. The molecule has 1 aliphatic heterocycles. The molecule has 1 fully saturated rings. The molecular weight excluding hydrogens is 698 g/mol. The number of nitrogens with one attached hydrogen (secondary N) is 1. The average molecular weight is 729 g/mol. The van der Waals surface area contributed by atoms with E-state index in [0.29, 0.717) is 35.3 Å². The lowest BCUT2D eigenvalue weighted by molar-refractivity contribution is -0.385. The highest BCUT2D eigenvalue weighted by atomic mass is 79.9. The Morgan fingerprint density at radius 2 is 1.74 bits per heavy atom. The molecule has 3 aromatic carbocycles. The normalized spacial score (nSPS) is 14.0. The Kier molecular flexibility index (Phi) is 10.5. The molecule has 1 N–H and O–H groups in total. The number of thiophene rings is 1. The smallest absolute Gasteiger partial charge is 0.352 e. The fourth-order valence-corrected chi connectivity index (χ4v) is 8.57. The molecule has 240 valence electrons. The molecule has 46 heavy (non-hydrogen) atoms. The van der Waals surface area contributed by atoms with Gasteiger partial charge in [-0.15, -0.1) is 11.3 Å². The number of carbonyl (C=O) groups excluding carboxylic acids is 2. The first-order valence-corrected chi connectivity index (χ1v) is 17.5. The van der Waals surface area contributed by atoms with Crippen molar-refractivity contribution in [3.05, 3.63) is 109 Å². The van der Waals surface area contributed by atoms with Gasteiger partial charge in [0.2, 0.25) is 10.0 Å². The van der Waals surface area contributed by atoms with E-state index in [2.05, 4.69) is 21.2 Å². The van der Waals surface area contributed by atoms with Gasteiger partial charge in [0.15, 0.2) is 10.6 Å². The van der Waals surface area contributed by atoms with Crippen LogP contribution in [0.1, 0.15) is 40.6 Å². The minimum absolute atomic E-state index is 0.00232. The largest absolute Gasteiger partial charge is 0.456 e. The number of halogens is 1. The van der Waals surface area contributed by atoms with E-state index >= 15 is 0 Å². The first-order chi connectivity index (χ1) is 22.0. The molecule has 1 saturated heterocycles. The summed E-state index contributed by atoms with van der Waals surface area (Å²) in [5, 5.41) is 14.9. The van der Waals surface area contributed by atoms with Gasteiger partial charge in [-0.1, -0.05) is 54.6 Å². The molecule has 0 aliphatic carbocycles. The number of nitro benzene ring substituents is 1. The number of sulfonamides is 1. The Balaban J connectivity index is 1.28. The summed E-state index contributed by atoms with van der Waals surface area (Å²) >= 11 is 4.55. The topological polar surface area (TPSA) is 145 Å². The second-order valence-electron chi connectivity index (χ2n) is 10.6. The zero-order valence-electron chi connectivity index (χ0n) is 24.7. The van der Waals surface area contributed by atoms with E-state index in [4.69, 9.17) is 9.47 Å². The Morgan fingerprint density at radius 1 is 1.04 bits per heavy atom. The fourth-order valence-electron chi connectivity index (χ4n) is 5.11. The maximum absolute atomic E-state index is 13.2. The first-order valence-electron chi connectivity index (χ1n) is 14.3. The highest BCUT2D eigenvalue weighted by Gasteiger charge is 2.29. The van der Waals surface area contributed by atoms with Crippen LogP contribution in [0.3, 0.4) is 0 Å². The maximum atomic E-state index is 13.2.